The fourth-order valence-corrected chi connectivity index (χ4v) is 11.9. The summed E-state index contributed by atoms with van der Waals surface area (Å²) in [7, 11) is 2.51. The Labute approximate surface area is 508 Å². The number of aliphatic carboxylic acids is 1. The number of nitrogens with one attached hydrogen (secondary N) is 12. The molecule has 3 aromatic rings. The van der Waals surface area contributed by atoms with Crippen LogP contribution in [0.5, 0.6) is 0 Å². The van der Waals surface area contributed by atoms with Gasteiger partial charge in [-0.2, -0.15) is 0 Å². The maximum Gasteiger partial charge on any atom is 0.303 e. The van der Waals surface area contributed by atoms with Crippen molar-refractivity contribution in [3.8, 4) is 11.1 Å². The molecule has 3 heterocycles. The molecule has 1 saturated carbocycles. The van der Waals surface area contributed by atoms with Crippen molar-refractivity contribution < 1.29 is 57.8 Å². The SMILES string of the molecule is CC[C@@H]1NC(=O)[C@H]2CCSSCC[C@@H](NC(=O)[C@H](C)NC(=O)[C@H](NC(C)(C)C)CCCCNC(=O)[C@H](Cc3ccc(-c4ccccc4)cc3)NC1=O)C(=O)N[C@@H](Cc1c[nH]cn1)C(=O)N[C@@H](CC1CC1)C(=O)NCC(=O)N[C@@H](CCC(=O)O)C(=O)N2. The van der Waals surface area contributed by atoms with Gasteiger partial charge in [-0.3, -0.25) is 52.7 Å². The van der Waals surface area contributed by atoms with Crippen molar-refractivity contribution in [3.63, 3.8) is 0 Å². The van der Waals surface area contributed by atoms with E-state index in [0.717, 1.165) is 29.5 Å². The Balaban J connectivity index is 1.34. The Kier molecular flexibility index (Phi) is 26.3. The van der Waals surface area contributed by atoms with E-state index < -0.39 is 144 Å². The fraction of sp³-hybridized carbons (Fsp3) is 0.559. The van der Waals surface area contributed by atoms with Crippen molar-refractivity contribution in [1.29, 1.82) is 0 Å². The molecule has 0 unspecified atom stereocenters. The lowest BCUT2D eigenvalue weighted by Crippen LogP contribution is -2.60. The van der Waals surface area contributed by atoms with Crippen LogP contribution >= 0.6 is 21.6 Å². The molecule has 2 saturated heterocycles. The maximum atomic E-state index is 14.5. The first-order valence-corrected chi connectivity index (χ1v) is 31.9. The second-order valence-electron chi connectivity index (χ2n) is 22.9. The van der Waals surface area contributed by atoms with E-state index in [1.165, 1.54) is 41.0 Å². The predicted octanol–water partition coefficient (Wildman–Crippen LogP) is 1.18. The van der Waals surface area contributed by atoms with Crippen molar-refractivity contribution >= 4 is 86.6 Å². The Bertz CT molecular complexity index is 2820. The third-order valence-corrected chi connectivity index (χ3v) is 17.1. The van der Waals surface area contributed by atoms with Crippen LogP contribution in [0.4, 0.5) is 0 Å². The highest BCUT2D eigenvalue weighted by Gasteiger charge is 2.37. The molecule has 3 aliphatic rings. The van der Waals surface area contributed by atoms with Crippen LogP contribution in [-0.4, -0.2) is 165 Å². The summed E-state index contributed by atoms with van der Waals surface area (Å²) < 4.78 is 0. The molecule has 13 N–H and O–H groups in total. The largest absolute Gasteiger partial charge is 0.481 e. The van der Waals surface area contributed by atoms with E-state index in [0.29, 0.717) is 25.0 Å². The topological polar surface area (TPSA) is 369 Å². The summed E-state index contributed by atoms with van der Waals surface area (Å²) in [6, 6.07) is 6.20. The molecule has 6 rings (SSSR count). The number of fused-ring (bicyclic) bond motifs is 7. The van der Waals surface area contributed by atoms with Crippen molar-refractivity contribution in [2.75, 3.05) is 24.6 Å². The molecular weight excluding hydrogens is 1150 g/mol. The molecule has 2 aromatic carbocycles. The average molecular weight is 1230 g/mol. The minimum atomic E-state index is -1.52. The van der Waals surface area contributed by atoms with E-state index in [9.17, 15) is 57.8 Å². The third-order valence-electron chi connectivity index (χ3n) is 14.6. The molecule has 0 spiro atoms. The summed E-state index contributed by atoms with van der Waals surface area (Å²) >= 11 is 0. The molecule has 1 aromatic heterocycles. The molecule has 3 fully saturated rings. The first-order valence-electron chi connectivity index (χ1n) is 29.4. The van der Waals surface area contributed by atoms with E-state index in [4.69, 9.17) is 0 Å². The third kappa shape index (κ3) is 22.7. The molecule has 9 atom stereocenters. The second kappa shape index (κ2) is 33.4. The Morgan fingerprint density at radius 2 is 1.19 bits per heavy atom. The number of imidazole rings is 1. The number of carboxylic acids is 1. The summed E-state index contributed by atoms with van der Waals surface area (Å²) in [6.07, 6.45) is 4.67. The van der Waals surface area contributed by atoms with Gasteiger partial charge in [-0.05, 0) is 102 Å². The summed E-state index contributed by atoms with van der Waals surface area (Å²) in [4.78, 5) is 161. The van der Waals surface area contributed by atoms with Crippen molar-refractivity contribution in [1.82, 2.24) is 68.5 Å². The van der Waals surface area contributed by atoms with Crippen LogP contribution in [0.2, 0.25) is 0 Å². The van der Waals surface area contributed by atoms with E-state index in [-0.39, 0.29) is 62.5 Å². The lowest BCUT2D eigenvalue weighted by atomic mass is 10.00. The lowest BCUT2D eigenvalue weighted by molar-refractivity contribution is -0.138. The molecule has 86 heavy (non-hydrogen) atoms. The highest BCUT2D eigenvalue weighted by molar-refractivity contribution is 8.76. The number of H-pyrrole nitrogens is 1. The summed E-state index contributed by atoms with van der Waals surface area (Å²) in [5.41, 5.74) is 2.49. The monoisotopic (exact) mass is 1230 g/mol. The molecule has 0 radical (unpaired) electrons. The number of hydrogen-bond acceptors (Lipinski definition) is 15. The molecule has 2 aliphatic heterocycles. The zero-order chi connectivity index (χ0) is 62.3. The minimum absolute atomic E-state index is 0.0109. The van der Waals surface area contributed by atoms with Gasteiger partial charge >= 0.3 is 5.97 Å². The van der Waals surface area contributed by atoms with Crippen LogP contribution in [0.1, 0.15) is 117 Å². The van der Waals surface area contributed by atoms with E-state index >= 15 is 0 Å². The van der Waals surface area contributed by atoms with Gasteiger partial charge in [-0.25, -0.2) is 4.98 Å². The highest BCUT2D eigenvalue weighted by Crippen LogP contribution is 2.33. The maximum absolute atomic E-state index is 14.5. The molecule has 2 bridgehead atoms. The number of nitrogens with zero attached hydrogens (tertiary/aromatic N) is 1. The highest BCUT2D eigenvalue weighted by atomic mass is 33.1. The first kappa shape index (κ1) is 67.6. The number of carbonyl (C=O) groups is 11. The predicted molar refractivity (Wildman–Crippen MR) is 324 cm³/mol. The number of hydrogen-bond donors (Lipinski definition) is 13. The standard InChI is InChI=1S/C59H83N13O12S2/c1-6-40-53(79)69-45(29-36-17-19-38(20-18-36)37-12-8-7-9-13-37)51(77)61-25-11-10-14-44(72-59(3,4)5)57(83)64-34(2)50(76)67-42-23-26-85-86-27-24-43(55(81)66-40)68-54(80)41(21-22-49(74)75)65-48(73)32-62-52(78)46(28-35-15-16-35)70-58(84)47(71-56(42)82)30-39-31-60-33-63-39/h7-9,12-13,17-20,31,33-35,40-47,72H,6,10-11,14-16,21-30,32H2,1-5H3,(H,60,63)(H,61,77)(H,62,78)(H,64,83)(H,65,73)(H,66,81)(H,67,76)(H,68,80)(H,69,79)(H,70,84)(H,71,82)(H,74,75)/t34-,40-,41-,42+,43+,44+,45-,46-,47-/m0/s1. The van der Waals surface area contributed by atoms with E-state index in [2.05, 4.69) is 68.5 Å². The van der Waals surface area contributed by atoms with Gasteiger partial charge in [0.15, 0.2) is 0 Å². The lowest BCUT2D eigenvalue weighted by Gasteiger charge is -2.29. The van der Waals surface area contributed by atoms with Crippen molar-refractivity contribution in [2.24, 2.45) is 5.92 Å². The van der Waals surface area contributed by atoms with Gasteiger partial charge in [0.05, 0.1) is 24.6 Å². The number of carboxylic acid groups (broad SMARTS) is 1. The summed E-state index contributed by atoms with van der Waals surface area (Å²) in [5, 5.41) is 40.2. The number of carbonyl (C=O) groups excluding carboxylic acids is 10. The zero-order valence-electron chi connectivity index (χ0n) is 49.3. The summed E-state index contributed by atoms with van der Waals surface area (Å²) in [6.45, 7) is 8.25. The van der Waals surface area contributed by atoms with E-state index in [1.54, 1.807) is 6.92 Å². The van der Waals surface area contributed by atoms with Crippen LogP contribution < -0.4 is 58.5 Å². The van der Waals surface area contributed by atoms with E-state index in [1.807, 2.05) is 75.4 Å². The number of aromatic nitrogens is 2. The summed E-state index contributed by atoms with van der Waals surface area (Å²) in [5.74, 6) is -8.20. The zero-order valence-corrected chi connectivity index (χ0v) is 51.0. The van der Waals surface area contributed by atoms with Gasteiger partial charge in [0.2, 0.25) is 59.1 Å². The normalized spacial score (nSPS) is 25.8. The van der Waals surface area contributed by atoms with Crippen LogP contribution in [0, 0.1) is 5.92 Å². The molecule has 27 heteroatoms. The Morgan fingerprint density at radius 3 is 1.80 bits per heavy atom. The molecular formula is C59H83N13O12S2. The quantitative estimate of drug-likeness (QED) is 0.113. The smallest absolute Gasteiger partial charge is 0.303 e. The average Bonchev–Trinajstić information content (AvgIpc) is 4.31. The Hall–Kier alpha value is -7.52. The number of rotatable bonds is 12. The van der Waals surface area contributed by atoms with Gasteiger partial charge in [-0.1, -0.05) is 96.0 Å². The van der Waals surface area contributed by atoms with Gasteiger partial charge in [0.1, 0.15) is 48.3 Å². The molecule has 1 aliphatic carbocycles. The molecule has 10 amide bonds. The van der Waals surface area contributed by atoms with Crippen molar-refractivity contribution in [2.45, 2.75) is 178 Å². The van der Waals surface area contributed by atoms with Crippen LogP contribution in [0.15, 0.2) is 67.1 Å². The Morgan fingerprint density at radius 1 is 0.605 bits per heavy atom. The van der Waals surface area contributed by atoms with Gasteiger partial charge in [-0.15, -0.1) is 0 Å². The second-order valence-corrected chi connectivity index (χ2v) is 25.6. The molecule has 468 valence electrons. The van der Waals surface area contributed by atoms with Crippen LogP contribution in [0.3, 0.4) is 0 Å². The fourth-order valence-electron chi connectivity index (χ4n) is 9.70. The van der Waals surface area contributed by atoms with Crippen molar-refractivity contribution in [3.05, 3.63) is 78.4 Å². The number of amides is 10. The van der Waals surface area contributed by atoms with Gasteiger partial charge < -0.3 is 68.6 Å². The van der Waals surface area contributed by atoms with Gasteiger partial charge in [0, 0.05) is 49.0 Å². The van der Waals surface area contributed by atoms with Crippen LogP contribution in [-0.2, 0) is 65.6 Å². The minimum Gasteiger partial charge on any atom is -0.481 e. The molecule has 25 nitrogen and oxygen atoms in total. The number of benzene rings is 2. The van der Waals surface area contributed by atoms with Gasteiger partial charge in [0.25, 0.3) is 0 Å². The number of aromatic amines is 1. The van der Waals surface area contributed by atoms with Crippen LogP contribution in [0.25, 0.3) is 11.1 Å². The first-order chi connectivity index (χ1) is 41.0.